The van der Waals surface area contributed by atoms with Gasteiger partial charge in [0.2, 0.25) is 0 Å². The zero-order valence-corrected chi connectivity index (χ0v) is 12.3. The SMILES string of the molecule is CCOc1ccc(NC(=O)OCCN(C)C)cc1.Cl. The highest BCUT2D eigenvalue weighted by atomic mass is 35.5. The summed E-state index contributed by atoms with van der Waals surface area (Å²) in [5, 5.41) is 2.65. The molecular formula is C13H21ClN2O3. The first-order valence-electron chi connectivity index (χ1n) is 5.93. The van der Waals surface area contributed by atoms with Crippen LogP contribution in [0.15, 0.2) is 24.3 Å². The summed E-state index contributed by atoms with van der Waals surface area (Å²) in [6.07, 6.45) is -0.444. The number of hydrogen-bond donors (Lipinski definition) is 1. The molecular weight excluding hydrogens is 268 g/mol. The van der Waals surface area contributed by atoms with Crippen LogP contribution >= 0.6 is 12.4 Å². The topological polar surface area (TPSA) is 50.8 Å². The molecule has 0 spiro atoms. The quantitative estimate of drug-likeness (QED) is 0.874. The number of nitrogens with zero attached hydrogens (tertiary/aromatic N) is 1. The van der Waals surface area contributed by atoms with Gasteiger partial charge in [0, 0.05) is 12.2 Å². The number of nitrogens with one attached hydrogen (secondary N) is 1. The average molecular weight is 289 g/mol. The van der Waals surface area contributed by atoms with E-state index in [0.717, 1.165) is 5.75 Å². The molecule has 1 aromatic carbocycles. The van der Waals surface area contributed by atoms with Crippen molar-refractivity contribution in [3.8, 4) is 5.75 Å². The van der Waals surface area contributed by atoms with Crippen molar-refractivity contribution in [2.75, 3.05) is 39.2 Å². The summed E-state index contributed by atoms with van der Waals surface area (Å²) in [5.74, 6) is 0.782. The van der Waals surface area contributed by atoms with E-state index in [9.17, 15) is 4.79 Å². The monoisotopic (exact) mass is 288 g/mol. The van der Waals surface area contributed by atoms with Gasteiger partial charge in [-0.25, -0.2) is 4.79 Å². The number of rotatable bonds is 6. The van der Waals surface area contributed by atoms with Gasteiger partial charge in [0.15, 0.2) is 0 Å². The van der Waals surface area contributed by atoms with Gasteiger partial charge in [-0.2, -0.15) is 0 Å². The lowest BCUT2D eigenvalue weighted by Gasteiger charge is -2.11. The third-order valence-electron chi connectivity index (χ3n) is 2.18. The molecule has 0 aliphatic rings. The summed E-state index contributed by atoms with van der Waals surface area (Å²) in [5.41, 5.74) is 0.688. The van der Waals surface area contributed by atoms with E-state index in [2.05, 4.69) is 5.32 Å². The van der Waals surface area contributed by atoms with Crippen molar-refractivity contribution in [3.05, 3.63) is 24.3 Å². The Labute approximate surface area is 120 Å². The molecule has 0 radical (unpaired) electrons. The first-order valence-corrected chi connectivity index (χ1v) is 5.93. The van der Waals surface area contributed by atoms with Crippen LogP contribution in [0.3, 0.4) is 0 Å². The molecule has 0 heterocycles. The molecule has 19 heavy (non-hydrogen) atoms. The largest absolute Gasteiger partial charge is 0.494 e. The Morgan fingerprint density at radius 2 is 1.89 bits per heavy atom. The predicted octanol–water partition coefficient (Wildman–Crippen LogP) is 2.62. The summed E-state index contributed by atoms with van der Waals surface area (Å²) < 4.78 is 10.3. The molecule has 0 aromatic heterocycles. The van der Waals surface area contributed by atoms with Crippen molar-refractivity contribution in [1.29, 1.82) is 0 Å². The average Bonchev–Trinajstić information content (AvgIpc) is 2.31. The Morgan fingerprint density at radius 1 is 1.26 bits per heavy atom. The molecule has 0 unspecified atom stereocenters. The lowest BCUT2D eigenvalue weighted by molar-refractivity contribution is 0.151. The van der Waals surface area contributed by atoms with Gasteiger partial charge >= 0.3 is 6.09 Å². The molecule has 1 aromatic rings. The fraction of sp³-hybridized carbons (Fsp3) is 0.462. The number of likely N-dealkylation sites (N-methyl/N-ethyl adjacent to an activating group) is 1. The molecule has 1 amide bonds. The van der Waals surface area contributed by atoms with Crippen LogP contribution in [0, 0.1) is 0 Å². The molecule has 108 valence electrons. The maximum absolute atomic E-state index is 11.4. The third-order valence-corrected chi connectivity index (χ3v) is 2.18. The minimum Gasteiger partial charge on any atom is -0.494 e. The van der Waals surface area contributed by atoms with Crippen molar-refractivity contribution in [2.45, 2.75) is 6.92 Å². The van der Waals surface area contributed by atoms with E-state index >= 15 is 0 Å². The van der Waals surface area contributed by atoms with Crippen molar-refractivity contribution in [2.24, 2.45) is 0 Å². The summed E-state index contributed by atoms with van der Waals surface area (Å²) >= 11 is 0. The van der Waals surface area contributed by atoms with Gasteiger partial charge in [-0.1, -0.05) is 0 Å². The van der Waals surface area contributed by atoms with Gasteiger partial charge in [0.25, 0.3) is 0 Å². The van der Waals surface area contributed by atoms with Crippen LogP contribution < -0.4 is 10.1 Å². The van der Waals surface area contributed by atoms with Crippen LogP contribution in [0.2, 0.25) is 0 Å². The normalized spacial score (nSPS) is 9.68. The summed E-state index contributed by atoms with van der Waals surface area (Å²) in [4.78, 5) is 13.4. The van der Waals surface area contributed by atoms with Crippen LogP contribution in [0.5, 0.6) is 5.75 Å². The minimum absolute atomic E-state index is 0. The lowest BCUT2D eigenvalue weighted by Crippen LogP contribution is -2.22. The zero-order valence-electron chi connectivity index (χ0n) is 11.5. The molecule has 0 aliphatic carbocycles. The molecule has 1 N–H and O–H groups in total. The van der Waals surface area contributed by atoms with Crippen molar-refractivity contribution in [1.82, 2.24) is 4.90 Å². The maximum atomic E-state index is 11.4. The smallest absolute Gasteiger partial charge is 0.411 e. The van der Waals surface area contributed by atoms with E-state index < -0.39 is 6.09 Å². The van der Waals surface area contributed by atoms with Crippen LogP contribution in [0.1, 0.15) is 6.92 Å². The van der Waals surface area contributed by atoms with Crippen LogP contribution in [-0.2, 0) is 4.74 Å². The molecule has 6 heteroatoms. The Morgan fingerprint density at radius 3 is 2.42 bits per heavy atom. The summed E-state index contributed by atoms with van der Waals surface area (Å²) in [6, 6.07) is 7.16. The van der Waals surface area contributed by atoms with E-state index in [4.69, 9.17) is 9.47 Å². The molecule has 0 bridgehead atoms. The number of carbonyl (C=O) groups excluding carboxylic acids is 1. The second-order valence-electron chi connectivity index (χ2n) is 4.02. The highest BCUT2D eigenvalue weighted by Crippen LogP contribution is 2.15. The molecule has 0 aliphatic heterocycles. The Hall–Kier alpha value is -1.46. The summed E-state index contributed by atoms with van der Waals surface area (Å²) in [7, 11) is 3.85. The molecule has 0 atom stereocenters. The van der Waals surface area contributed by atoms with Crippen LogP contribution in [0.25, 0.3) is 0 Å². The number of ether oxygens (including phenoxy) is 2. The molecule has 0 saturated heterocycles. The number of hydrogen-bond acceptors (Lipinski definition) is 4. The van der Waals surface area contributed by atoms with Gasteiger partial charge in [0.1, 0.15) is 12.4 Å². The highest BCUT2D eigenvalue weighted by molar-refractivity contribution is 5.85. The number of amides is 1. The second kappa shape index (κ2) is 9.47. The Bertz CT molecular complexity index is 369. The number of halogens is 1. The second-order valence-corrected chi connectivity index (χ2v) is 4.02. The fourth-order valence-electron chi connectivity index (χ4n) is 1.28. The Balaban J connectivity index is 0.00000324. The number of anilines is 1. The van der Waals surface area contributed by atoms with Crippen molar-refractivity contribution in [3.63, 3.8) is 0 Å². The molecule has 0 saturated carbocycles. The zero-order chi connectivity index (χ0) is 13.4. The lowest BCUT2D eigenvalue weighted by atomic mass is 10.3. The fourth-order valence-corrected chi connectivity index (χ4v) is 1.28. The van der Waals surface area contributed by atoms with Gasteiger partial charge < -0.3 is 14.4 Å². The van der Waals surface area contributed by atoms with E-state index in [1.54, 1.807) is 24.3 Å². The first kappa shape index (κ1) is 17.5. The van der Waals surface area contributed by atoms with Crippen LogP contribution in [-0.4, -0.2) is 44.8 Å². The van der Waals surface area contributed by atoms with Crippen molar-refractivity contribution < 1.29 is 14.3 Å². The van der Waals surface area contributed by atoms with Crippen molar-refractivity contribution >= 4 is 24.2 Å². The van der Waals surface area contributed by atoms with E-state index in [0.29, 0.717) is 25.4 Å². The number of carbonyl (C=O) groups is 1. The van der Waals surface area contributed by atoms with E-state index in [1.165, 1.54) is 0 Å². The predicted molar refractivity (Wildman–Crippen MR) is 78.4 cm³/mol. The minimum atomic E-state index is -0.444. The first-order chi connectivity index (χ1) is 8.61. The maximum Gasteiger partial charge on any atom is 0.411 e. The molecule has 5 nitrogen and oxygen atoms in total. The van der Waals surface area contributed by atoms with Gasteiger partial charge in [0.05, 0.1) is 6.61 Å². The standard InChI is InChI=1S/C13H20N2O3.ClH/c1-4-17-12-7-5-11(6-8-12)14-13(16)18-10-9-15(2)3;/h5-8H,4,9-10H2,1-3H3,(H,14,16);1H. The van der Waals surface area contributed by atoms with Gasteiger partial charge in [-0.05, 0) is 45.3 Å². The van der Waals surface area contributed by atoms with Gasteiger partial charge in [-0.3, -0.25) is 5.32 Å². The summed E-state index contributed by atoms with van der Waals surface area (Å²) in [6.45, 7) is 3.63. The van der Waals surface area contributed by atoms with E-state index in [1.807, 2.05) is 25.9 Å². The molecule has 1 rings (SSSR count). The highest BCUT2D eigenvalue weighted by Gasteiger charge is 2.03. The van der Waals surface area contributed by atoms with Gasteiger partial charge in [-0.15, -0.1) is 12.4 Å². The van der Waals surface area contributed by atoms with E-state index in [-0.39, 0.29) is 12.4 Å². The number of benzene rings is 1. The Kier molecular flexibility index (Phi) is 8.74. The van der Waals surface area contributed by atoms with Crippen LogP contribution in [0.4, 0.5) is 10.5 Å². The molecule has 0 fully saturated rings. The third kappa shape index (κ3) is 7.54.